The van der Waals surface area contributed by atoms with Crippen LogP contribution in [0.15, 0.2) is 18.7 Å². The number of likely N-dealkylation sites (tertiary alicyclic amines) is 1. The molecule has 2 saturated heterocycles. The minimum Gasteiger partial charge on any atom is -0.374 e. The van der Waals surface area contributed by atoms with E-state index in [2.05, 4.69) is 25.3 Å². The van der Waals surface area contributed by atoms with Crippen molar-refractivity contribution in [3.05, 3.63) is 24.5 Å². The first-order chi connectivity index (χ1) is 16.1. The van der Waals surface area contributed by atoms with E-state index in [0.717, 1.165) is 17.8 Å². The Kier molecular flexibility index (Phi) is 6.83. The van der Waals surface area contributed by atoms with Crippen LogP contribution in [0.5, 0.6) is 0 Å². The van der Waals surface area contributed by atoms with E-state index >= 15 is 0 Å². The van der Waals surface area contributed by atoms with Gasteiger partial charge in [0.05, 0.1) is 24.3 Å². The van der Waals surface area contributed by atoms with Gasteiger partial charge in [0.1, 0.15) is 24.0 Å². The number of amides is 1. The zero-order valence-electron chi connectivity index (χ0n) is 19.9. The number of carbonyl (C=O) groups is 1. The second kappa shape index (κ2) is 9.78. The number of morpholine rings is 1. The standard InChI is InChI=1S/C21H26N8O2.C2H6/c1-4-16(21(30)29-9-15-6-14(29)10-31-15)26-18-17-20(25-11-24-18)28(5-2)19(27-17)13-7-22-12(3)23-8-13;1-2/h7-8,11,14-16H,4-6,9-10H2,1-3H3,(H,24,25,26);1-2H3/t14?,15?,16-;/m0./s1. The van der Waals surface area contributed by atoms with Gasteiger partial charge in [-0.1, -0.05) is 20.8 Å². The van der Waals surface area contributed by atoms with Gasteiger partial charge in [-0.15, -0.1) is 0 Å². The topological polar surface area (TPSA) is 111 Å². The Labute approximate surface area is 193 Å². The summed E-state index contributed by atoms with van der Waals surface area (Å²) in [6.07, 6.45) is 6.79. The fraction of sp³-hybridized carbons (Fsp3) is 0.565. The minimum atomic E-state index is -0.379. The number of carbonyl (C=O) groups excluding carboxylic acids is 1. The van der Waals surface area contributed by atoms with Crippen molar-refractivity contribution < 1.29 is 9.53 Å². The summed E-state index contributed by atoms with van der Waals surface area (Å²) >= 11 is 0. The molecule has 10 nitrogen and oxygen atoms in total. The zero-order valence-corrected chi connectivity index (χ0v) is 19.9. The van der Waals surface area contributed by atoms with E-state index in [9.17, 15) is 4.79 Å². The molecule has 0 saturated carbocycles. The number of hydrogen-bond acceptors (Lipinski definition) is 8. The molecular formula is C23H32N8O2. The van der Waals surface area contributed by atoms with Gasteiger partial charge in [0.25, 0.3) is 0 Å². The van der Waals surface area contributed by atoms with Crippen molar-refractivity contribution in [2.24, 2.45) is 0 Å². The maximum absolute atomic E-state index is 13.2. The van der Waals surface area contributed by atoms with Crippen molar-refractivity contribution >= 4 is 22.9 Å². The molecule has 3 atom stereocenters. The van der Waals surface area contributed by atoms with Gasteiger partial charge in [-0.25, -0.2) is 24.9 Å². The summed E-state index contributed by atoms with van der Waals surface area (Å²) in [5.41, 5.74) is 2.16. The molecule has 33 heavy (non-hydrogen) atoms. The molecule has 0 radical (unpaired) electrons. The van der Waals surface area contributed by atoms with Crippen LogP contribution in [0.1, 0.15) is 46.4 Å². The Bertz CT molecular complexity index is 1110. The van der Waals surface area contributed by atoms with Gasteiger partial charge in [0.15, 0.2) is 17.0 Å². The third kappa shape index (κ3) is 4.27. The van der Waals surface area contributed by atoms with E-state index in [0.29, 0.717) is 48.9 Å². The van der Waals surface area contributed by atoms with Crippen LogP contribution in [0, 0.1) is 6.92 Å². The zero-order chi connectivity index (χ0) is 23.5. The van der Waals surface area contributed by atoms with Crippen LogP contribution in [0.2, 0.25) is 0 Å². The number of rotatable bonds is 6. The molecule has 2 aliphatic heterocycles. The fourth-order valence-electron chi connectivity index (χ4n) is 4.44. The number of ether oxygens (including phenoxy) is 1. The number of imidazole rings is 1. The number of nitrogens with one attached hydrogen (secondary N) is 1. The van der Waals surface area contributed by atoms with E-state index in [1.165, 1.54) is 6.33 Å². The molecule has 0 spiro atoms. The molecule has 1 amide bonds. The van der Waals surface area contributed by atoms with Crippen LogP contribution >= 0.6 is 0 Å². The van der Waals surface area contributed by atoms with Crippen LogP contribution in [-0.4, -0.2) is 71.6 Å². The molecule has 10 heteroatoms. The summed E-state index contributed by atoms with van der Waals surface area (Å²) < 4.78 is 7.65. The van der Waals surface area contributed by atoms with E-state index in [4.69, 9.17) is 9.72 Å². The summed E-state index contributed by atoms with van der Waals surface area (Å²) in [6.45, 7) is 11.9. The molecule has 3 aromatic rings. The number of nitrogens with zero attached hydrogens (tertiary/aromatic N) is 7. The van der Waals surface area contributed by atoms with Crippen molar-refractivity contribution in [1.29, 1.82) is 0 Å². The first-order valence-corrected chi connectivity index (χ1v) is 11.8. The van der Waals surface area contributed by atoms with Crippen LogP contribution in [0.4, 0.5) is 5.82 Å². The fourth-order valence-corrected chi connectivity index (χ4v) is 4.44. The van der Waals surface area contributed by atoms with Gasteiger partial charge >= 0.3 is 0 Å². The summed E-state index contributed by atoms with van der Waals surface area (Å²) in [6, 6.07) is -0.193. The average molecular weight is 453 g/mol. The van der Waals surface area contributed by atoms with E-state index in [-0.39, 0.29) is 24.1 Å². The van der Waals surface area contributed by atoms with E-state index < -0.39 is 0 Å². The number of aryl methyl sites for hydroxylation is 2. The highest BCUT2D eigenvalue weighted by Gasteiger charge is 2.43. The summed E-state index contributed by atoms with van der Waals surface area (Å²) in [5.74, 6) is 2.09. The molecule has 5 heterocycles. The maximum Gasteiger partial charge on any atom is 0.245 e. The highest BCUT2D eigenvalue weighted by molar-refractivity contribution is 5.90. The Hall–Kier alpha value is -3.14. The molecule has 2 aliphatic rings. The lowest BCUT2D eigenvalue weighted by Crippen LogP contribution is -2.48. The Morgan fingerprint density at radius 1 is 1.21 bits per heavy atom. The first kappa shape index (κ1) is 23.0. The Morgan fingerprint density at radius 3 is 2.58 bits per heavy atom. The number of hydrogen-bond donors (Lipinski definition) is 1. The van der Waals surface area contributed by atoms with Crippen molar-refractivity contribution in [2.45, 2.75) is 72.2 Å². The summed E-state index contributed by atoms with van der Waals surface area (Å²) in [4.78, 5) is 37.5. The average Bonchev–Trinajstić information content (AvgIpc) is 3.58. The monoisotopic (exact) mass is 452 g/mol. The highest BCUT2D eigenvalue weighted by Crippen LogP contribution is 2.30. The number of aromatic nitrogens is 6. The SMILES string of the molecule is CC.CC[C@H](Nc1ncnc2c1nc(-c1cnc(C)nc1)n2CC)C(=O)N1CC2CC1CO2. The van der Waals surface area contributed by atoms with Crippen molar-refractivity contribution in [2.75, 3.05) is 18.5 Å². The smallest absolute Gasteiger partial charge is 0.245 e. The van der Waals surface area contributed by atoms with E-state index in [1.807, 2.05) is 44.1 Å². The van der Waals surface area contributed by atoms with Crippen LogP contribution in [0.25, 0.3) is 22.6 Å². The molecule has 1 N–H and O–H groups in total. The minimum absolute atomic E-state index is 0.0899. The molecule has 176 valence electrons. The van der Waals surface area contributed by atoms with Crippen LogP contribution < -0.4 is 5.32 Å². The van der Waals surface area contributed by atoms with Crippen molar-refractivity contribution in [3.63, 3.8) is 0 Å². The summed E-state index contributed by atoms with van der Waals surface area (Å²) in [5, 5.41) is 3.34. The lowest BCUT2D eigenvalue weighted by atomic mass is 10.1. The largest absolute Gasteiger partial charge is 0.374 e. The van der Waals surface area contributed by atoms with Gasteiger partial charge in [-0.3, -0.25) is 4.79 Å². The van der Waals surface area contributed by atoms with Gasteiger partial charge in [0, 0.05) is 25.5 Å². The third-order valence-corrected chi connectivity index (χ3v) is 6.09. The molecule has 2 fully saturated rings. The quantitative estimate of drug-likeness (QED) is 0.608. The molecule has 2 unspecified atom stereocenters. The van der Waals surface area contributed by atoms with Gasteiger partial charge in [-0.2, -0.15) is 0 Å². The second-order valence-corrected chi connectivity index (χ2v) is 8.03. The molecule has 3 aromatic heterocycles. The maximum atomic E-state index is 13.2. The Balaban J connectivity index is 0.00000126. The Morgan fingerprint density at radius 2 is 1.97 bits per heavy atom. The van der Waals surface area contributed by atoms with Crippen LogP contribution in [0.3, 0.4) is 0 Å². The van der Waals surface area contributed by atoms with Crippen molar-refractivity contribution in [3.8, 4) is 11.4 Å². The van der Waals surface area contributed by atoms with Crippen molar-refractivity contribution in [1.82, 2.24) is 34.4 Å². The predicted octanol–water partition coefficient (Wildman–Crippen LogP) is 2.83. The van der Waals surface area contributed by atoms with Gasteiger partial charge in [0.2, 0.25) is 5.91 Å². The summed E-state index contributed by atoms with van der Waals surface area (Å²) in [7, 11) is 0. The molecule has 0 aromatic carbocycles. The molecule has 5 rings (SSSR count). The molecular weight excluding hydrogens is 420 g/mol. The van der Waals surface area contributed by atoms with E-state index in [1.54, 1.807) is 12.4 Å². The third-order valence-electron chi connectivity index (χ3n) is 6.09. The van der Waals surface area contributed by atoms with Gasteiger partial charge in [-0.05, 0) is 26.7 Å². The molecule has 0 aliphatic carbocycles. The highest BCUT2D eigenvalue weighted by atomic mass is 16.5. The van der Waals surface area contributed by atoms with Crippen LogP contribution in [-0.2, 0) is 16.1 Å². The normalized spacial score (nSPS) is 20.0. The predicted molar refractivity (Wildman–Crippen MR) is 126 cm³/mol. The van der Waals surface area contributed by atoms with Gasteiger partial charge < -0.3 is 19.5 Å². The number of anilines is 1. The lowest BCUT2D eigenvalue weighted by molar-refractivity contribution is -0.136. The molecule has 2 bridgehead atoms. The number of fused-ring (bicyclic) bond motifs is 3. The second-order valence-electron chi connectivity index (χ2n) is 8.03. The lowest BCUT2D eigenvalue weighted by Gasteiger charge is -2.30. The first-order valence-electron chi connectivity index (χ1n) is 11.8.